The molecule has 0 aliphatic carbocycles. The largest absolute Gasteiger partial charge is 0.465 e. The Morgan fingerprint density at radius 2 is 2.43 bits per heavy atom. The highest BCUT2D eigenvalue weighted by Gasteiger charge is 2.06. The molecule has 0 aliphatic rings. The van der Waals surface area contributed by atoms with Crippen LogP contribution in [0, 0.1) is 0 Å². The topological polar surface area (TPSA) is 38.3 Å². The van der Waals surface area contributed by atoms with Crippen molar-refractivity contribution < 1.29 is 9.53 Å². The lowest BCUT2D eigenvalue weighted by molar-refractivity contribution is 0.0606. The Bertz CT molecular complexity index is 331. The first-order valence-electron chi connectivity index (χ1n) is 4.27. The molecule has 0 spiro atoms. The molecule has 0 saturated carbocycles. The van der Waals surface area contributed by atoms with E-state index >= 15 is 0 Å². The van der Waals surface area contributed by atoms with Gasteiger partial charge >= 0.3 is 5.97 Å². The normalized spacial score (nSPS) is 10.7. The molecule has 0 fully saturated rings. The van der Waals surface area contributed by atoms with E-state index in [1.807, 2.05) is 25.3 Å². The van der Waals surface area contributed by atoms with E-state index in [4.69, 9.17) is 0 Å². The van der Waals surface area contributed by atoms with E-state index < -0.39 is 0 Å². The molecule has 1 rings (SSSR count). The summed E-state index contributed by atoms with van der Waals surface area (Å²) in [4.78, 5) is 12.8. The molecule has 3 nitrogen and oxygen atoms in total. The van der Waals surface area contributed by atoms with Gasteiger partial charge in [-0.15, -0.1) is 11.3 Å². The van der Waals surface area contributed by atoms with Crippen molar-refractivity contribution in [2.75, 3.05) is 20.7 Å². The maximum absolute atomic E-state index is 11.1. The molecule has 0 saturated heterocycles. The minimum absolute atomic E-state index is 0.275. The summed E-state index contributed by atoms with van der Waals surface area (Å²) in [5, 5.41) is 3.00. The minimum Gasteiger partial charge on any atom is -0.465 e. The smallest absolute Gasteiger partial charge is 0.348 e. The Morgan fingerprint density at radius 1 is 1.64 bits per heavy atom. The van der Waals surface area contributed by atoms with Gasteiger partial charge in [-0.2, -0.15) is 0 Å². The van der Waals surface area contributed by atoms with Crippen molar-refractivity contribution in [3.05, 3.63) is 28.0 Å². The SMILES string of the molecule is CNCC=Cc1ccc(C(=O)OC)s1. The highest BCUT2D eigenvalue weighted by Crippen LogP contribution is 2.18. The Balaban J connectivity index is 2.63. The van der Waals surface area contributed by atoms with Crippen molar-refractivity contribution in [3.8, 4) is 0 Å². The molecule has 14 heavy (non-hydrogen) atoms. The number of methoxy groups -OCH3 is 1. The summed E-state index contributed by atoms with van der Waals surface area (Å²) >= 11 is 1.43. The molecule has 1 heterocycles. The van der Waals surface area contributed by atoms with E-state index in [0.717, 1.165) is 11.4 Å². The first-order chi connectivity index (χ1) is 6.77. The van der Waals surface area contributed by atoms with Crippen LogP contribution in [0.2, 0.25) is 0 Å². The van der Waals surface area contributed by atoms with E-state index in [-0.39, 0.29) is 5.97 Å². The standard InChI is InChI=1S/C10H13NO2S/c1-11-7-3-4-8-5-6-9(14-8)10(12)13-2/h3-6,11H,7H2,1-2H3. The molecule has 4 heteroatoms. The van der Waals surface area contributed by atoms with Crippen LogP contribution in [0.15, 0.2) is 18.2 Å². The number of esters is 1. The second-order valence-electron chi connectivity index (χ2n) is 2.65. The molecule has 0 amide bonds. The third-order valence-corrected chi connectivity index (χ3v) is 2.65. The molecular formula is C10H13NO2S. The molecule has 1 aromatic rings. The molecule has 1 N–H and O–H groups in total. The Morgan fingerprint density at radius 3 is 3.07 bits per heavy atom. The number of likely N-dealkylation sites (N-methyl/N-ethyl adjacent to an activating group) is 1. The van der Waals surface area contributed by atoms with Crippen LogP contribution in [-0.4, -0.2) is 26.7 Å². The summed E-state index contributed by atoms with van der Waals surface area (Å²) < 4.78 is 4.61. The third kappa shape index (κ3) is 2.97. The minimum atomic E-state index is -0.275. The zero-order valence-corrected chi connectivity index (χ0v) is 9.06. The van der Waals surface area contributed by atoms with E-state index in [9.17, 15) is 4.79 Å². The van der Waals surface area contributed by atoms with Crippen LogP contribution in [0.4, 0.5) is 0 Å². The Labute approximate surface area is 87.4 Å². The number of carbonyl (C=O) groups excluding carboxylic acids is 1. The summed E-state index contributed by atoms with van der Waals surface area (Å²) in [6.45, 7) is 0.825. The predicted octanol–water partition coefficient (Wildman–Crippen LogP) is 1.77. The average Bonchev–Trinajstić information content (AvgIpc) is 2.66. The first kappa shape index (κ1) is 10.9. The van der Waals surface area contributed by atoms with Gasteiger partial charge in [-0.05, 0) is 25.3 Å². The molecule has 0 radical (unpaired) electrons. The lowest BCUT2D eigenvalue weighted by atomic mass is 10.4. The van der Waals surface area contributed by atoms with Gasteiger partial charge in [0.2, 0.25) is 0 Å². The van der Waals surface area contributed by atoms with Crippen LogP contribution in [-0.2, 0) is 4.74 Å². The lowest BCUT2D eigenvalue weighted by Gasteiger charge is -1.91. The Kier molecular flexibility index (Phi) is 4.35. The molecule has 1 aromatic heterocycles. The van der Waals surface area contributed by atoms with Crippen molar-refractivity contribution in [1.29, 1.82) is 0 Å². The van der Waals surface area contributed by atoms with Gasteiger partial charge in [-0.25, -0.2) is 4.79 Å². The van der Waals surface area contributed by atoms with Crippen LogP contribution in [0.25, 0.3) is 6.08 Å². The van der Waals surface area contributed by atoms with Crippen molar-refractivity contribution in [2.24, 2.45) is 0 Å². The molecular weight excluding hydrogens is 198 g/mol. The second kappa shape index (κ2) is 5.57. The molecule has 0 unspecified atom stereocenters. The highest BCUT2D eigenvalue weighted by molar-refractivity contribution is 7.14. The predicted molar refractivity (Wildman–Crippen MR) is 58.6 cm³/mol. The second-order valence-corrected chi connectivity index (χ2v) is 3.77. The van der Waals surface area contributed by atoms with Gasteiger partial charge in [0.1, 0.15) is 4.88 Å². The maximum atomic E-state index is 11.1. The Hall–Kier alpha value is -1.13. The molecule has 0 bridgehead atoms. The van der Waals surface area contributed by atoms with Crippen LogP contribution in [0.3, 0.4) is 0 Å². The van der Waals surface area contributed by atoms with E-state index in [0.29, 0.717) is 4.88 Å². The quantitative estimate of drug-likeness (QED) is 0.771. The molecule has 0 aromatic carbocycles. The van der Waals surface area contributed by atoms with E-state index in [2.05, 4.69) is 10.1 Å². The maximum Gasteiger partial charge on any atom is 0.348 e. The number of hydrogen-bond acceptors (Lipinski definition) is 4. The third-order valence-electron chi connectivity index (χ3n) is 1.62. The van der Waals surface area contributed by atoms with Gasteiger partial charge in [0.05, 0.1) is 7.11 Å². The molecule has 0 atom stereocenters. The van der Waals surface area contributed by atoms with E-state index in [1.165, 1.54) is 18.4 Å². The number of carbonyl (C=O) groups is 1. The zero-order valence-electron chi connectivity index (χ0n) is 8.24. The van der Waals surface area contributed by atoms with Crippen LogP contribution in [0.1, 0.15) is 14.5 Å². The summed E-state index contributed by atoms with van der Waals surface area (Å²) in [7, 11) is 3.28. The number of thiophene rings is 1. The molecule has 76 valence electrons. The fourth-order valence-corrected chi connectivity index (χ4v) is 1.80. The lowest BCUT2D eigenvalue weighted by Crippen LogP contribution is -2.03. The summed E-state index contributed by atoms with van der Waals surface area (Å²) in [6.07, 6.45) is 3.99. The van der Waals surface area contributed by atoms with Crippen molar-refractivity contribution in [1.82, 2.24) is 5.32 Å². The summed E-state index contributed by atoms with van der Waals surface area (Å²) in [5.74, 6) is -0.275. The monoisotopic (exact) mass is 211 g/mol. The van der Waals surface area contributed by atoms with E-state index in [1.54, 1.807) is 6.07 Å². The van der Waals surface area contributed by atoms with Gasteiger partial charge in [-0.3, -0.25) is 0 Å². The number of rotatable bonds is 4. The van der Waals surface area contributed by atoms with Crippen LogP contribution < -0.4 is 5.32 Å². The van der Waals surface area contributed by atoms with Gasteiger partial charge < -0.3 is 10.1 Å². The van der Waals surface area contributed by atoms with Gasteiger partial charge in [-0.1, -0.05) is 6.08 Å². The average molecular weight is 211 g/mol. The zero-order chi connectivity index (χ0) is 10.4. The summed E-state index contributed by atoms with van der Waals surface area (Å²) in [6, 6.07) is 3.68. The van der Waals surface area contributed by atoms with Gasteiger partial charge in [0.25, 0.3) is 0 Å². The fourth-order valence-electron chi connectivity index (χ4n) is 0.946. The number of nitrogens with one attached hydrogen (secondary N) is 1. The van der Waals surface area contributed by atoms with Gasteiger partial charge in [0.15, 0.2) is 0 Å². The van der Waals surface area contributed by atoms with Crippen molar-refractivity contribution in [2.45, 2.75) is 0 Å². The number of ether oxygens (including phenoxy) is 1. The molecule has 0 aliphatic heterocycles. The van der Waals surface area contributed by atoms with Gasteiger partial charge in [0, 0.05) is 11.4 Å². The van der Waals surface area contributed by atoms with Crippen molar-refractivity contribution in [3.63, 3.8) is 0 Å². The van der Waals surface area contributed by atoms with Crippen LogP contribution in [0.5, 0.6) is 0 Å². The first-order valence-corrected chi connectivity index (χ1v) is 5.09. The summed E-state index contributed by atoms with van der Waals surface area (Å²) in [5.41, 5.74) is 0. The van der Waals surface area contributed by atoms with Crippen molar-refractivity contribution >= 4 is 23.4 Å². The fraction of sp³-hybridized carbons (Fsp3) is 0.300. The van der Waals surface area contributed by atoms with Crippen LogP contribution >= 0.6 is 11.3 Å². The number of hydrogen-bond donors (Lipinski definition) is 1. The highest BCUT2D eigenvalue weighted by atomic mass is 32.1.